The second kappa shape index (κ2) is 7.43. The summed E-state index contributed by atoms with van der Waals surface area (Å²) in [6.07, 6.45) is 1.94. The third kappa shape index (κ3) is 4.72. The SMILES string of the molecule is O=C(O)CNCC1CCCN(C(=O)c2cccc(Cl)c2)C1. The number of carbonyl (C=O) groups is 2. The number of amides is 1. The quantitative estimate of drug-likeness (QED) is 0.871. The summed E-state index contributed by atoms with van der Waals surface area (Å²) in [6, 6.07) is 6.95. The van der Waals surface area contributed by atoms with Crippen LogP contribution < -0.4 is 5.32 Å². The zero-order chi connectivity index (χ0) is 15.2. The average molecular weight is 311 g/mol. The lowest BCUT2D eigenvalue weighted by atomic mass is 9.97. The van der Waals surface area contributed by atoms with E-state index < -0.39 is 5.97 Å². The highest BCUT2D eigenvalue weighted by atomic mass is 35.5. The van der Waals surface area contributed by atoms with E-state index in [1.165, 1.54) is 0 Å². The van der Waals surface area contributed by atoms with Gasteiger partial charge in [0.2, 0.25) is 0 Å². The van der Waals surface area contributed by atoms with Crippen molar-refractivity contribution in [3.63, 3.8) is 0 Å². The van der Waals surface area contributed by atoms with Gasteiger partial charge >= 0.3 is 5.97 Å². The maximum absolute atomic E-state index is 12.4. The lowest BCUT2D eigenvalue weighted by Gasteiger charge is -2.33. The molecule has 21 heavy (non-hydrogen) atoms. The molecule has 6 heteroatoms. The minimum absolute atomic E-state index is 0.0135. The molecule has 0 bridgehead atoms. The van der Waals surface area contributed by atoms with E-state index in [2.05, 4.69) is 5.32 Å². The van der Waals surface area contributed by atoms with Gasteiger partial charge in [0, 0.05) is 30.2 Å². The van der Waals surface area contributed by atoms with Crippen LogP contribution in [0, 0.1) is 5.92 Å². The number of likely N-dealkylation sites (tertiary alicyclic amines) is 1. The summed E-state index contributed by atoms with van der Waals surface area (Å²) >= 11 is 5.92. The first-order chi connectivity index (χ1) is 10.1. The van der Waals surface area contributed by atoms with Crippen molar-refractivity contribution < 1.29 is 14.7 Å². The average Bonchev–Trinajstić information content (AvgIpc) is 2.46. The number of carbonyl (C=O) groups excluding carboxylic acids is 1. The Hall–Kier alpha value is -1.59. The fourth-order valence-electron chi connectivity index (χ4n) is 2.60. The molecule has 114 valence electrons. The van der Waals surface area contributed by atoms with E-state index >= 15 is 0 Å². The van der Waals surface area contributed by atoms with Crippen molar-refractivity contribution in [3.8, 4) is 0 Å². The van der Waals surface area contributed by atoms with Gasteiger partial charge in [0.1, 0.15) is 0 Å². The Morgan fingerprint density at radius 3 is 2.95 bits per heavy atom. The van der Waals surface area contributed by atoms with Gasteiger partial charge in [0.05, 0.1) is 6.54 Å². The van der Waals surface area contributed by atoms with Gasteiger partial charge in [-0.15, -0.1) is 0 Å². The lowest BCUT2D eigenvalue weighted by molar-refractivity contribution is -0.136. The summed E-state index contributed by atoms with van der Waals surface area (Å²) in [5.41, 5.74) is 0.599. The second-order valence-electron chi connectivity index (χ2n) is 5.29. The molecule has 1 fully saturated rings. The molecule has 1 saturated heterocycles. The minimum Gasteiger partial charge on any atom is -0.480 e. The molecule has 1 amide bonds. The highest BCUT2D eigenvalue weighted by molar-refractivity contribution is 6.30. The maximum Gasteiger partial charge on any atom is 0.317 e. The smallest absolute Gasteiger partial charge is 0.317 e. The van der Waals surface area contributed by atoms with Crippen molar-refractivity contribution in [2.24, 2.45) is 5.92 Å². The third-order valence-corrected chi connectivity index (χ3v) is 3.82. The monoisotopic (exact) mass is 310 g/mol. The number of carboxylic acid groups (broad SMARTS) is 1. The zero-order valence-corrected chi connectivity index (χ0v) is 12.5. The van der Waals surface area contributed by atoms with Crippen molar-refractivity contribution in [1.82, 2.24) is 10.2 Å². The number of nitrogens with one attached hydrogen (secondary N) is 1. The highest BCUT2D eigenvalue weighted by Crippen LogP contribution is 2.19. The maximum atomic E-state index is 12.4. The van der Waals surface area contributed by atoms with Crippen LogP contribution in [0.1, 0.15) is 23.2 Å². The molecule has 2 N–H and O–H groups in total. The van der Waals surface area contributed by atoms with Gasteiger partial charge in [0.15, 0.2) is 0 Å². The second-order valence-corrected chi connectivity index (χ2v) is 5.73. The molecule has 1 unspecified atom stereocenters. The standard InChI is InChI=1S/C15H19ClN2O3/c16-13-5-1-4-12(7-13)15(21)18-6-2-3-11(10-18)8-17-9-14(19)20/h1,4-5,7,11,17H,2-3,6,8-10H2,(H,19,20). The van der Waals surface area contributed by atoms with E-state index in [1.807, 2.05) is 4.90 Å². The Morgan fingerprint density at radius 1 is 1.43 bits per heavy atom. The van der Waals surface area contributed by atoms with Gasteiger partial charge in [-0.1, -0.05) is 17.7 Å². The molecule has 0 aromatic heterocycles. The zero-order valence-electron chi connectivity index (χ0n) is 11.7. The molecule has 0 radical (unpaired) electrons. The lowest BCUT2D eigenvalue weighted by Crippen LogP contribution is -2.43. The number of piperidine rings is 1. The number of carboxylic acids is 1. The molecule has 1 aromatic carbocycles. The molecule has 1 heterocycles. The fraction of sp³-hybridized carbons (Fsp3) is 0.467. The Morgan fingerprint density at radius 2 is 2.24 bits per heavy atom. The van der Waals surface area contributed by atoms with Crippen LogP contribution in [0.15, 0.2) is 24.3 Å². The van der Waals surface area contributed by atoms with Crippen molar-refractivity contribution in [3.05, 3.63) is 34.9 Å². The largest absolute Gasteiger partial charge is 0.480 e. The molecular formula is C15H19ClN2O3. The first-order valence-electron chi connectivity index (χ1n) is 7.03. The Balaban J connectivity index is 1.91. The van der Waals surface area contributed by atoms with E-state index in [0.29, 0.717) is 29.6 Å². The summed E-state index contributed by atoms with van der Waals surface area (Å²) < 4.78 is 0. The molecular weight excluding hydrogens is 292 g/mol. The fourth-order valence-corrected chi connectivity index (χ4v) is 2.79. The number of aliphatic carboxylic acids is 1. The van der Waals surface area contributed by atoms with Crippen LogP contribution in [-0.2, 0) is 4.79 Å². The summed E-state index contributed by atoms with van der Waals surface area (Å²) in [4.78, 5) is 24.7. The summed E-state index contributed by atoms with van der Waals surface area (Å²) in [5.74, 6) is -0.584. The number of hydrogen-bond donors (Lipinski definition) is 2. The molecule has 1 atom stereocenters. The molecule has 2 rings (SSSR count). The molecule has 1 aliphatic heterocycles. The van der Waals surface area contributed by atoms with Crippen LogP contribution in [-0.4, -0.2) is 48.1 Å². The van der Waals surface area contributed by atoms with Gasteiger partial charge < -0.3 is 15.3 Å². The van der Waals surface area contributed by atoms with Gasteiger partial charge in [-0.05, 0) is 37.0 Å². The Kier molecular flexibility index (Phi) is 5.59. The number of benzene rings is 1. The molecule has 1 aromatic rings. The summed E-state index contributed by atoms with van der Waals surface area (Å²) in [5, 5.41) is 12.1. The van der Waals surface area contributed by atoms with Gasteiger partial charge in [0.25, 0.3) is 5.91 Å². The summed E-state index contributed by atoms with van der Waals surface area (Å²) in [6.45, 7) is 1.96. The van der Waals surface area contributed by atoms with E-state index in [-0.39, 0.29) is 12.5 Å². The first-order valence-corrected chi connectivity index (χ1v) is 7.41. The van der Waals surface area contributed by atoms with E-state index in [9.17, 15) is 9.59 Å². The van der Waals surface area contributed by atoms with E-state index in [0.717, 1.165) is 19.4 Å². The van der Waals surface area contributed by atoms with Crippen molar-refractivity contribution in [1.29, 1.82) is 0 Å². The number of halogens is 1. The van der Waals surface area contributed by atoms with Crippen LogP contribution >= 0.6 is 11.6 Å². The predicted molar refractivity (Wildman–Crippen MR) is 80.6 cm³/mol. The Labute approximate surface area is 128 Å². The number of rotatable bonds is 5. The first kappa shape index (κ1) is 15.8. The number of nitrogens with zero attached hydrogens (tertiary/aromatic N) is 1. The topological polar surface area (TPSA) is 69.6 Å². The van der Waals surface area contributed by atoms with Crippen molar-refractivity contribution in [2.75, 3.05) is 26.2 Å². The normalized spacial score (nSPS) is 18.5. The van der Waals surface area contributed by atoms with Crippen LogP contribution in [0.2, 0.25) is 5.02 Å². The van der Waals surface area contributed by atoms with Crippen LogP contribution in [0.25, 0.3) is 0 Å². The van der Waals surface area contributed by atoms with Crippen LogP contribution in [0.5, 0.6) is 0 Å². The van der Waals surface area contributed by atoms with Gasteiger partial charge in [-0.25, -0.2) is 0 Å². The predicted octanol–water partition coefficient (Wildman–Crippen LogP) is 1.87. The molecule has 0 aliphatic carbocycles. The van der Waals surface area contributed by atoms with Crippen molar-refractivity contribution in [2.45, 2.75) is 12.8 Å². The molecule has 5 nitrogen and oxygen atoms in total. The van der Waals surface area contributed by atoms with Gasteiger partial charge in [-0.3, -0.25) is 9.59 Å². The van der Waals surface area contributed by atoms with E-state index in [4.69, 9.17) is 16.7 Å². The van der Waals surface area contributed by atoms with Crippen LogP contribution in [0.3, 0.4) is 0 Å². The third-order valence-electron chi connectivity index (χ3n) is 3.59. The molecule has 0 saturated carbocycles. The van der Waals surface area contributed by atoms with Crippen LogP contribution in [0.4, 0.5) is 0 Å². The van der Waals surface area contributed by atoms with Crippen molar-refractivity contribution >= 4 is 23.5 Å². The number of hydrogen-bond acceptors (Lipinski definition) is 3. The Bertz CT molecular complexity index is 521. The molecule has 1 aliphatic rings. The summed E-state index contributed by atoms with van der Waals surface area (Å²) in [7, 11) is 0. The minimum atomic E-state index is -0.863. The highest BCUT2D eigenvalue weighted by Gasteiger charge is 2.24. The van der Waals surface area contributed by atoms with Gasteiger partial charge in [-0.2, -0.15) is 0 Å². The van der Waals surface area contributed by atoms with E-state index in [1.54, 1.807) is 24.3 Å². The molecule has 0 spiro atoms.